The topological polar surface area (TPSA) is 56.2 Å². The monoisotopic (exact) mass is 453 g/mol. The van der Waals surface area contributed by atoms with Crippen LogP contribution < -0.4 is 10.1 Å². The number of para-hydroxylation sites is 2. The van der Waals surface area contributed by atoms with Gasteiger partial charge in [-0.3, -0.25) is 4.79 Å². The van der Waals surface area contributed by atoms with Gasteiger partial charge >= 0.3 is 0 Å². The molecule has 0 unspecified atom stereocenters. The lowest BCUT2D eigenvalue weighted by molar-refractivity contribution is -0.116. The molecule has 4 aromatic rings. The smallest absolute Gasteiger partial charge is 0.244 e. The standard InChI is InChI=1S/C24H21Cl2N3O2/c1-2-16-7-10-18(11-8-16)27-24(30)14-29-21-6-4-3-5-20(21)28-23(29)15-31-22-12-9-17(25)13-19(22)26/h3-13H,2,14-15H2,1H3,(H,27,30). The molecule has 0 bridgehead atoms. The van der Waals surface area contributed by atoms with Crippen molar-refractivity contribution in [2.24, 2.45) is 0 Å². The van der Waals surface area contributed by atoms with Gasteiger partial charge in [0.05, 0.1) is 16.1 Å². The van der Waals surface area contributed by atoms with Crippen LogP contribution in [0.25, 0.3) is 11.0 Å². The first-order valence-corrected chi connectivity index (χ1v) is 10.7. The molecule has 0 saturated carbocycles. The van der Waals surface area contributed by atoms with Crippen molar-refractivity contribution in [1.29, 1.82) is 0 Å². The van der Waals surface area contributed by atoms with Gasteiger partial charge in [-0.2, -0.15) is 0 Å². The Labute approximate surface area is 190 Å². The van der Waals surface area contributed by atoms with Gasteiger partial charge in [0.2, 0.25) is 5.91 Å². The maximum Gasteiger partial charge on any atom is 0.244 e. The minimum Gasteiger partial charge on any atom is -0.484 e. The molecule has 0 saturated heterocycles. The van der Waals surface area contributed by atoms with Gasteiger partial charge in [0.1, 0.15) is 24.7 Å². The largest absolute Gasteiger partial charge is 0.484 e. The third-order valence-corrected chi connectivity index (χ3v) is 5.46. The molecule has 1 N–H and O–H groups in total. The molecule has 0 aliphatic rings. The van der Waals surface area contributed by atoms with Crippen LogP contribution >= 0.6 is 23.2 Å². The van der Waals surface area contributed by atoms with Crippen LogP contribution in [-0.4, -0.2) is 15.5 Å². The summed E-state index contributed by atoms with van der Waals surface area (Å²) in [6.45, 7) is 2.37. The van der Waals surface area contributed by atoms with E-state index in [-0.39, 0.29) is 19.1 Å². The van der Waals surface area contributed by atoms with E-state index in [0.29, 0.717) is 21.6 Å². The molecule has 3 aromatic carbocycles. The molecule has 31 heavy (non-hydrogen) atoms. The molecule has 7 heteroatoms. The molecule has 158 valence electrons. The number of fused-ring (bicyclic) bond motifs is 1. The predicted octanol–water partition coefficient (Wildman–Crippen LogP) is 6.12. The number of carbonyl (C=O) groups excluding carboxylic acids is 1. The molecule has 0 atom stereocenters. The highest BCUT2D eigenvalue weighted by Crippen LogP contribution is 2.28. The molecule has 0 aliphatic carbocycles. The van der Waals surface area contributed by atoms with Crippen molar-refractivity contribution in [1.82, 2.24) is 9.55 Å². The van der Waals surface area contributed by atoms with Crippen LogP contribution in [0.2, 0.25) is 10.0 Å². The van der Waals surface area contributed by atoms with Crippen LogP contribution in [-0.2, 0) is 24.4 Å². The molecule has 1 heterocycles. The SMILES string of the molecule is CCc1ccc(NC(=O)Cn2c(COc3ccc(Cl)cc3Cl)nc3ccccc32)cc1. The van der Waals surface area contributed by atoms with Gasteiger partial charge in [0.15, 0.2) is 0 Å². The molecule has 0 radical (unpaired) electrons. The number of anilines is 1. The van der Waals surface area contributed by atoms with Crippen molar-refractivity contribution in [2.45, 2.75) is 26.5 Å². The Kier molecular flexibility index (Phi) is 6.44. The summed E-state index contributed by atoms with van der Waals surface area (Å²) in [6, 6.07) is 20.6. The Bertz CT molecular complexity index is 1220. The van der Waals surface area contributed by atoms with E-state index in [1.54, 1.807) is 18.2 Å². The van der Waals surface area contributed by atoms with E-state index in [1.165, 1.54) is 5.56 Å². The Balaban J connectivity index is 1.54. The highest BCUT2D eigenvalue weighted by atomic mass is 35.5. The van der Waals surface area contributed by atoms with Gasteiger partial charge in [0.25, 0.3) is 0 Å². The molecule has 1 aromatic heterocycles. The van der Waals surface area contributed by atoms with Gasteiger partial charge in [-0.15, -0.1) is 0 Å². The molecule has 5 nitrogen and oxygen atoms in total. The van der Waals surface area contributed by atoms with E-state index in [1.807, 2.05) is 53.1 Å². The van der Waals surface area contributed by atoms with Crippen molar-refractivity contribution in [3.8, 4) is 5.75 Å². The van der Waals surface area contributed by atoms with E-state index in [9.17, 15) is 4.79 Å². The number of imidazole rings is 1. The summed E-state index contributed by atoms with van der Waals surface area (Å²) < 4.78 is 7.72. The lowest BCUT2D eigenvalue weighted by Crippen LogP contribution is -2.20. The van der Waals surface area contributed by atoms with Crippen molar-refractivity contribution < 1.29 is 9.53 Å². The van der Waals surface area contributed by atoms with Crippen LogP contribution in [0.4, 0.5) is 5.69 Å². The molecule has 0 spiro atoms. The summed E-state index contributed by atoms with van der Waals surface area (Å²) in [5, 5.41) is 3.90. The van der Waals surface area contributed by atoms with E-state index in [2.05, 4.69) is 17.2 Å². The van der Waals surface area contributed by atoms with Crippen LogP contribution in [0.1, 0.15) is 18.3 Å². The van der Waals surface area contributed by atoms with E-state index < -0.39 is 0 Å². The predicted molar refractivity (Wildman–Crippen MR) is 125 cm³/mol. The lowest BCUT2D eigenvalue weighted by Gasteiger charge is -2.12. The third kappa shape index (κ3) is 5.01. The fourth-order valence-corrected chi connectivity index (χ4v) is 3.78. The summed E-state index contributed by atoms with van der Waals surface area (Å²) in [5.41, 5.74) is 3.64. The molecule has 1 amide bonds. The highest BCUT2D eigenvalue weighted by Gasteiger charge is 2.15. The second-order valence-electron chi connectivity index (χ2n) is 7.06. The quantitative estimate of drug-likeness (QED) is 0.366. The molecule has 4 rings (SSSR count). The number of nitrogens with zero attached hydrogens (tertiary/aromatic N) is 2. The maximum atomic E-state index is 12.8. The van der Waals surface area contributed by atoms with E-state index in [4.69, 9.17) is 27.9 Å². The number of aromatic nitrogens is 2. The number of rotatable bonds is 7. The minimum absolute atomic E-state index is 0.114. The Morgan fingerprint density at radius 3 is 2.58 bits per heavy atom. The van der Waals surface area contributed by atoms with Gasteiger partial charge in [0, 0.05) is 10.7 Å². The third-order valence-electron chi connectivity index (χ3n) is 4.93. The number of halogens is 2. The van der Waals surface area contributed by atoms with Crippen molar-refractivity contribution in [2.75, 3.05) is 5.32 Å². The summed E-state index contributed by atoms with van der Waals surface area (Å²) in [4.78, 5) is 17.4. The van der Waals surface area contributed by atoms with Gasteiger partial charge in [-0.05, 0) is 54.4 Å². The zero-order valence-corrected chi connectivity index (χ0v) is 18.5. The number of amides is 1. The maximum absolute atomic E-state index is 12.8. The number of aryl methyl sites for hydroxylation is 1. The number of hydrogen-bond donors (Lipinski definition) is 1. The summed E-state index contributed by atoms with van der Waals surface area (Å²) in [6.07, 6.45) is 0.955. The number of nitrogens with one attached hydrogen (secondary N) is 1. The molecule has 0 aliphatic heterocycles. The first-order chi connectivity index (χ1) is 15.0. The van der Waals surface area contributed by atoms with Gasteiger partial charge in [-0.1, -0.05) is 54.4 Å². The first-order valence-electron chi connectivity index (χ1n) is 9.94. The zero-order chi connectivity index (χ0) is 21.8. The summed E-state index contributed by atoms with van der Waals surface area (Å²) in [5.74, 6) is 0.993. The normalized spacial score (nSPS) is 10.9. The fourth-order valence-electron chi connectivity index (χ4n) is 3.31. The Hall–Kier alpha value is -3.02. The number of carbonyl (C=O) groups is 1. The van der Waals surface area contributed by atoms with Crippen molar-refractivity contribution in [3.63, 3.8) is 0 Å². The Morgan fingerprint density at radius 2 is 1.84 bits per heavy atom. The lowest BCUT2D eigenvalue weighted by atomic mass is 10.1. The molecule has 0 fully saturated rings. The summed E-state index contributed by atoms with van der Waals surface area (Å²) in [7, 11) is 0. The van der Waals surface area contributed by atoms with Crippen LogP contribution in [0.5, 0.6) is 5.75 Å². The van der Waals surface area contributed by atoms with Crippen LogP contribution in [0.15, 0.2) is 66.7 Å². The second-order valence-corrected chi connectivity index (χ2v) is 7.91. The van der Waals surface area contributed by atoms with Crippen LogP contribution in [0, 0.1) is 0 Å². The van der Waals surface area contributed by atoms with Gasteiger partial charge in [-0.25, -0.2) is 4.98 Å². The average molecular weight is 454 g/mol. The minimum atomic E-state index is -0.141. The summed E-state index contributed by atoms with van der Waals surface area (Å²) >= 11 is 12.2. The zero-order valence-electron chi connectivity index (χ0n) is 16.9. The Morgan fingerprint density at radius 1 is 1.06 bits per heavy atom. The molecular formula is C24H21Cl2N3O2. The van der Waals surface area contributed by atoms with E-state index >= 15 is 0 Å². The van der Waals surface area contributed by atoms with Crippen LogP contribution in [0.3, 0.4) is 0 Å². The number of ether oxygens (including phenoxy) is 1. The number of hydrogen-bond acceptors (Lipinski definition) is 3. The average Bonchev–Trinajstić information content (AvgIpc) is 3.11. The first kappa shape index (κ1) is 21.2. The van der Waals surface area contributed by atoms with E-state index in [0.717, 1.165) is 23.1 Å². The fraction of sp³-hybridized carbons (Fsp3) is 0.167. The highest BCUT2D eigenvalue weighted by molar-refractivity contribution is 6.35. The number of benzene rings is 3. The second kappa shape index (κ2) is 9.41. The van der Waals surface area contributed by atoms with Crippen molar-refractivity contribution >= 4 is 45.8 Å². The molecular weight excluding hydrogens is 433 g/mol. The van der Waals surface area contributed by atoms with Gasteiger partial charge < -0.3 is 14.6 Å². The van der Waals surface area contributed by atoms with Crippen molar-refractivity contribution in [3.05, 3.63) is 88.2 Å².